The first kappa shape index (κ1) is 11.5. The highest BCUT2D eigenvalue weighted by atomic mass is 14.8. The summed E-state index contributed by atoms with van der Waals surface area (Å²) < 4.78 is 0. The molecule has 2 heteroatoms. The summed E-state index contributed by atoms with van der Waals surface area (Å²) in [5.41, 5.74) is 2.44. The van der Waals surface area contributed by atoms with Crippen LogP contribution in [-0.4, -0.2) is 12.0 Å². The Kier molecular flexibility index (Phi) is 5.23. The van der Waals surface area contributed by atoms with Gasteiger partial charge in [-0.2, -0.15) is 0 Å². The number of nitrogens with zero attached hydrogens (tertiary/aromatic N) is 1. The summed E-state index contributed by atoms with van der Waals surface area (Å²) in [5, 5.41) is 3.02. The van der Waals surface area contributed by atoms with Gasteiger partial charge in [-0.3, -0.25) is 4.98 Å². The van der Waals surface area contributed by atoms with Crippen LogP contribution in [0, 0.1) is 0 Å². The fourth-order valence-electron chi connectivity index (χ4n) is 1.30. The maximum Gasteiger partial charge on any atom is 0.0441 e. The van der Waals surface area contributed by atoms with E-state index in [1.807, 2.05) is 37.6 Å². The van der Waals surface area contributed by atoms with Crippen LogP contribution in [0.2, 0.25) is 0 Å². The molecule has 0 aromatic carbocycles. The molecular weight excluding hydrogens is 184 g/mol. The molecule has 80 valence electrons. The van der Waals surface area contributed by atoms with Crippen molar-refractivity contribution in [3.63, 3.8) is 0 Å². The minimum absolute atomic E-state index is 0.910. The van der Waals surface area contributed by atoms with Crippen LogP contribution in [-0.2, 0) is 6.42 Å². The molecule has 0 aliphatic heterocycles. The fourth-order valence-corrected chi connectivity index (χ4v) is 1.30. The van der Waals surface area contributed by atoms with E-state index in [0.29, 0.717) is 0 Å². The molecule has 0 saturated heterocycles. The predicted octanol–water partition coefficient (Wildman–Crippen LogP) is 2.69. The highest BCUT2D eigenvalue weighted by Crippen LogP contribution is 2.01. The molecule has 1 aromatic rings. The molecule has 0 fully saturated rings. The highest BCUT2D eigenvalue weighted by Gasteiger charge is 1.88. The average molecular weight is 202 g/mol. The van der Waals surface area contributed by atoms with Crippen molar-refractivity contribution < 1.29 is 0 Å². The van der Waals surface area contributed by atoms with Crippen LogP contribution >= 0.6 is 0 Å². The lowest BCUT2D eigenvalue weighted by Crippen LogP contribution is -1.93. The molecule has 0 aliphatic rings. The molecule has 0 spiro atoms. The van der Waals surface area contributed by atoms with Crippen LogP contribution in [0.25, 0.3) is 0 Å². The summed E-state index contributed by atoms with van der Waals surface area (Å²) >= 11 is 0. The summed E-state index contributed by atoms with van der Waals surface area (Å²) in [4.78, 5) is 4.25. The lowest BCUT2D eigenvalue weighted by atomic mass is 10.2. The van der Waals surface area contributed by atoms with Gasteiger partial charge in [0.1, 0.15) is 0 Å². The lowest BCUT2D eigenvalue weighted by Gasteiger charge is -1.96. The van der Waals surface area contributed by atoms with E-state index in [0.717, 1.165) is 18.5 Å². The minimum Gasteiger partial charge on any atom is -0.394 e. The zero-order chi connectivity index (χ0) is 10.9. The van der Waals surface area contributed by atoms with Crippen molar-refractivity contribution in [2.45, 2.75) is 19.8 Å². The van der Waals surface area contributed by atoms with Crippen LogP contribution in [0.4, 0.5) is 0 Å². The monoisotopic (exact) mass is 202 g/mol. The van der Waals surface area contributed by atoms with Gasteiger partial charge in [-0.15, -0.1) is 0 Å². The van der Waals surface area contributed by atoms with Crippen molar-refractivity contribution in [2.75, 3.05) is 7.05 Å². The molecule has 1 aromatic heterocycles. The first-order valence-corrected chi connectivity index (χ1v) is 5.20. The van der Waals surface area contributed by atoms with E-state index in [9.17, 15) is 0 Å². The molecule has 15 heavy (non-hydrogen) atoms. The molecule has 1 N–H and O–H groups in total. The SMILES string of the molecule is CN/C=C(/C)C/C=C/Cc1ccccn1. The number of hydrogen-bond acceptors (Lipinski definition) is 2. The van der Waals surface area contributed by atoms with Crippen molar-refractivity contribution in [3.8, 4) is 0 Å². The second-order valence-corrected chi connectivity index (χ2v) is 3.48. The van der Waals surface area contributed by atoms with Gasteiger partial charge in [0.25, 0.3) is 0 Å². The quantitative estimate of drug-likeness (QED) is 0.743. The van der Waals surface area contributed by atoms with E-state index in [2.05, 4.69) is 29.4 Å². The smallest absolute Gasteiger partial charge is 0.0441 e. The first-order valence-electron chi connectivity index (χ1n) is 5.20. The third-order valence-corrected chi connectivity index (χ3v) is 2.05. The summed E-state index contributed by atoms with van der Waals surface area (Å²) in [6.45, 7) is 2.11. The number of hydrogen-bond donors (Lipinski definition) is 1. The highest BCUT2D eigenvalue weighted by molar-refractivity contribution is 5.09. The summed E-state index contributed by atoms with van der Waals surface area (Å²) in [6.07, 6.45) is 10.1. The molecule has 0 bridgehead atoms. The third kappa shape index (κ3) is 5.01. The Labute approximate surface area is 91.7 Å². The molecule has 1 heterocycles. The van der Waals surface area contributed by atoms with Crippen molar-refractivity contribution >= 4 is 0 Å². The van der Waals surface area contributed by atoms with Gasteiger partial charge in [-0.1, -0.05) is 23.8 Å². The van der Waals surface area contributed by atoms with Gasteiger partial charge >= 0.3 is 0 Å². The Morgan fingerprint density at radius 2 is 2.27 bits per heavy atom. The van der Waals surface area contributed by atoms with Gasteiger partial charge in [0, 0.05) is 25.4 Å². The number of aromatic nitrogens is 1. The largest absolute Gasteiger partial charge is 0.394 e. The maximum absolute atomic E-state index is 4.25. The zero-order valence-electron chi connectivity index (χ0n) is 9.40. The van der Waals surface area contributed by atoms with Crippen LogP contribution in [0.15, 0.2) is 48.3 Å². The third-order valence-electron chi connectivity index (χ3n) is 2.05. The van der Waals surface area contributed by atoms with Gasteiger partial charge in [0.05, 0.1) is 0 Å². The van der Waals surface area contributed by atoms with Crippen molar-refractivity contribution in [1.29, 1.82) is 0 Å². The number of allylic oxidation sites excluding steroid dienone is 3. The Hall–Kier alpha value is -1.57. The zero-order valence-corrected chi connectivity index (χ0v) is 9.40. The van der Waals surface area contributed by atoms with Crippen LogP contribution in [0.1, 0.15) is 19.0 Å². The second kappa shape index (κ2) is 6.82. The van der Waals surface area contributed by atoms with Gasteiger partial charge in [-0.05, 0) is 31.7 Å². The second-order valence-electron chi connectivity index (χ2n) is 3.48. The molecule has 1 rings (SSSR count). The number of nitrogens with one attached hydrogen (secondary N) is 1. The molecular formula is C13H18N2. The Balaban J connectivity index is 2.32. The topological polar surface area (TPSA) is 24.9 Å². The van der Waals surface area contributed by atoms with Crippen LogP contribution in [0.5, 0.6) is 0 Å². The van der Waals surface area contributed by atoms with Crippen LogP contribution < -0.4 is 5.32 Å². The van der Waals surface area contributed by atoms with E-state index in [1.54, 1.807) is 0 Å². The number of rotatable bonds is 5. The molecule has 0 amide bonds. The molecule has 0 unspecified atom stereocenters. The molecule has 0 saturated carbocycles. The van der Waals surface area contributed by atoms with E-state index in [-0.39, 0.29) is 0 Å². The van der Waals surface area contributed by atoms with E-state index >= 15 is 0 Å². The van der Waals surface area contributed by atoms with Crippen molar-refractivity contribution in [2.24, 2.45) is 0 Å². The van der Waals surface area contributed by atoms with E-state index in [1.165, 1.54) is 5.57 Å². The van der Waals surface area contributed by atoms with Gasteiger partial charge in [0.15, 0.2) is 0 Å². The lowest BCUT2D eigenvalue weighted by molar-refractivity contribution is 1.04. The Morgan fingerprint density at radius 1 is 1.40 bits per heavy atom. The summed E-state index contributed by atoms with van der Waals surface area (Å²) in [7, 11) is 1.92. The van der Waals surface area contributed by atoms with Gasteiger partial charge in [-0.25, -0.2) is 0 Å². The normalized spacial score (nSPS) is 12.0. The molecule has 0 radical (unpaired) electrons. The van der Waals surface area contributed by atoms with E-state index in [4.69, 9.17) is 0 Å². The summed E-state index contributed by atoms with van der Waals surface area (Å²) in [6, 6.07) is 6.00. The first-order chi connectivity index (χ1) is 7.33. The fraction of sp³-hybridized carbons (Fsp3) is 0.308. The Bertz CT molecular complexity index is 326. The van der Waals surface area contributed by atoms with Crippen molar-refractivity contribution in [3.05, 3.63) is 54.0 Å². The van der Waals surface area contributed by atoms with E-state index < -0.39 is 0 Å². The molecule has 2 nitrogen and oxygen atoms in total. The Morgan fingerprint density at radius 3 is 2.93 bits per heavy atom. The standard InChI is InChI=1S/C13H18N2/c1-12(11-14-2)7-3-4-8-13-9-5-6-10-15-13/h3-6,9-11,14H,7-8H2,1-2H3/b4-3+,12-11-. The molecule has 0 aliphatic carbocycles. The van der Waals surface area contributed by atoms with Gasteiger partial charge in [0.2, 0.25) is 0 Å². The van der Waals surface area contributed by atoms with Gasteiger partial charge < -0.3 is 5.32 Å². The maximum atomic E-state index is 4.25. The van der Waals surface area contributed by atoms with Crippen LogP contribution in [0.3, 0.4) is 0 Å². The molecule has 0 atom stereocenters. The van der Waals surface area contributed by atoms with Crippen molar-refractivity contribution in [1.82, 2.24) is 10.3 Å². The summed E-state index contributed by atoms with van der Waals surface area (Å²) in [5.74, 6) is 0. The number of pyridine rings is 1. The average Bonchev–Trinajstić information content (AvgIpc) is 2.26. The minimum atomic E-state index is 0.910. The predicted molar refractivity (Wildman–Crippen MR) is 64.5 cm³/mol.